The summed E-state index contributed by atoms with van der Waals surface area (Å²) in [5, 5.41) is 21.8. The number of esters is 2. The molecule has 2 aromatic rings. The number of Topliss-reactive ketones (excluding diaryl/α,β-unsaturated/α-hetero) is 1. The highest BCUT2D eigenvalue weighted by atomic mass is 16.6. The van der Waals surface area contributed by atoms with Gasteiger partial charge in [0.25, 0.3) is 11.4 Å². The number of nitro groups is 2. The van der Waals surface area contributed by atoms with E-state index in [1.54, 1.807) is 0 Å². The van der Waals surface area contributed by atoms with Gasteiger partial charge in [-0.1, -0.05) is 24.3 Å². The van der Waals surface area contributed by atoms with E-state index >= 15 is 0 Å². The minimum absolute atomic E-state index is 0.336. The summed E-state index contributed by atoms with van der Waals surface area (Å²) in [6, 6.07) is 10.0. The first kappa shape index (κ1) is 20.2. The molecule has 0 heterocycles. The van der Waals surface area contributed by atoms with Gasteiger partial charge < -0.3 is 9.47 Å². The predicted octanol–water partition coefficient (Wildman–Crippen LogP) is 2.09. The molecule has 0 atom stereocenters. The number of carbonyl (C=O) groups excluding carboxylic acids is 3. The third kappa shape index (κ3) is 4.94. The fraction of sp³-hybridized carbons (Fsp3) is 0.118. The third-order valence-electron chi connectivity index (χ3n) is 3.37. The van der Waals surface area contributed by atoms with Crippen molar-refractivity contribution in [3.05, 3.63) is 79.9 Å². The van der Waals surface area contributed by atoms with Gasteiger partial charge in [-0.05, 0) is 12.1 Å². The minimum atomic E-state index is -1.09. The molecule has 144 valence electrons. The number of ether oxygens (including phenoxy) is 2. The highest BCUT2D eigenvalue weighted by Crippen LogP contribution is 2.19. The quantitative estimate of drug-likeness (QED) is 0.375. The fourth-order valence-electron chi connectivity index (χ4n) is 2.10. The highest BCUT2D eigenvalue weighted by molar-refractivity contribution is 5.97. The summed E-state index contributed by atoms with van der Waals surface area (Å²) in [5.74, 6) is -3.00. The molecule has 2 rings (SSSR count). The monoisotopic (exact) mass is 388 g/mol. The van der Waals surface area contributed by atoms with Gasteiger partial charge in [0.05, 0.1) is 9.85 Å². The highest BCUT2D eigenvalue weighted by Gasteiger charge is 2.23. The summed E-state index contributed by atoms with van der Waals surface area (Å²) in [6.45, 7) is -1.59. The van der Waals surface area contributed by atoms with E-state index in [0.29, 0.717) is 0 Å². The summed E-state index contributed by atoms with van der Waals surface area (Å²) in [6.07, 6.45) is 0. The molecule has 0 bridgehead atoms. The van der Waals surface area contributed by atoms with E-state index in [-0.39, 0.29) is 11.1 Å². The van der Waals surface area contributed by atoms with Crippen molar-refractivity contribution in [2.75, 3.05) is 13.2 Å². The minimum Gasteiger partial charge on any atom is -0.454 e. The zero-order chi connectivity index (χ0) is 20.7. The molecule has 0 aromatic heterocycles. The van der Waals surface area contributed by atoms with E-state index in [4.69, 9.17) is 0 Å². The molecule has 0 saturated carbocycles. The fourth-order valence-corrected chi connectivity index (χ4v) is 2.10. The maximum atomic E-state index is 11.9. The summed E-state index contributed by atoms with van der Waals surface area (Å²) in [4.78, 5) is 55.7. The summed E-state index contributed by atoms with van der Waals surface area (Å²) >= 11 is 0. The number of nitrogens with zero attached hydrogens (tertiary/aromatic N) is 2. The third-order valence-corrected chi connectivity index (χ3v) is 3.37. The lowest BCUT2D eigenvalue weighted by Crippen LogP contribution is -2.21. The van der Waals surface area contributed by atoms with Crippen molar-refractivity contribution in [2.24, 2.45) is 0 Å². The van der Waals surface area contributed by atoms with Gasteiger partial charge in [0.2, 0.25) is 5.78 Å². The van der Waals surface area contributed by atoms with Crippen LogP contribution in [0.2, 0.25) is 0 Å². The standard InChI is InChI=1S/C17H12N2O9/c20-11(9-27-16(21)12-5-1-3-7-14(12)18(23)24)10-28-17(22)13-6-2-4-8-15(13)19(25)26/h1-8H,9-10H2. The molecule has 0 aliphatic carbocycles. The molecule has 0 aliphatic rings. The van der Waals surface area contributed by atoms with E-state index in [1.165, 1.54) is 36.4 Å². The van der Waals surface area contributed by atoms with Crippen LogP contribution in [0.25, 0.3) is 0 Å². The van der Waals surface area contributed by atoms with Crippen LogP contribution in [0.5, 0.6) is 0 Å². The SMILES string of the molecule is O=C(COC(=O)c1ccccc1[N+](=O)[O-])COC(=O)c1ccccc1[N+](=O)[O-]. The van der Waals surface area contributed by atoms with E-state index in [1.807, 2.05) is 0 Å². The molecule has 28 heavy (non-hydrogen) atoms. The van der Waals surface area contributed by atoms with Crippen LogP contribution in [0.1, 0.15) is 20.7 Å². The molecule has 11 heteroatoms. The number of hydrogen-bond donors (Lipinski definition) is 0. The molecule has 0 N–H and O–H groups in total. The Morgan fingerprint density at radius 2 is 1.07 bits per heavy atom. The average Bonchev–Trinajstić information content (AvgIpc) is 2.70. The summed E-state index contributed by atoms with van der Waals surface area (Å²) < 4.78 is 9.38. The number of hydrogen-bond acceptors (Lipinski definition) is 9. The van der Waals surface area contributed by atoms with Gasteiger partial charge in [-0.3, -0.25) is 25.0 Å². The summed E-state index contributed by atoms with van der Waals surface area (Å²) in [5.41, 5.74) is -1.64. The molecule has 0 spiro atoms. The van der Waals surface area contributed by atoms with Crippen molar-refractivity contribution in [3.8, 4) is 0 Å². The molecule has 0 amide bonds. The Morgan fingerprint density at radius 1 is 0.714 bits per heavy atom. The van der Waals surface area contributed by atoms with Crippen LogP contribution in [0, 0.1) is 20.2 Å². The number of rotatable bonds is 8. The average molecular weight is 388 g/mol. The molecule has 0 radical (unpaired) electrons. The second-order valence-corrected chi connectivity index (χ2v) is 5.24. The van der Waals surface area contributed by atoms with E-state index < -0.39 is 52.2 Å². The van der Waals surface area contributed by atoms with Gasteiger partial charge in [-0.25, -0.2) is 9.59 Å². The van der Waals surface area contributed by atoms with Gasteiger partial charge >= 0.3 is 11.9 Å². The second kappa shape index (κ2) is 8.98. The largest absolute Gasteiger partial charge is 0.454 e. The molecule has 2 aromatic carbocycles. The van der Waals surface area contributed by atoms with Crippen molar-refractivity contribution >= 4 is 29.1 Å². The first-order valence-corrected chi connectivity index (χ1v) is 7.64. The smallest absolute Gasteiger partial charge is 0.345 e. The first-order valence-electron chi connectivity index (χ1n) is 7.64. The molecular formula is C17H12N2O9. The van der Waals surface area contributed by atoms with Crippen LogP contribution < -0.4 is 0 Å². The lowest BCUT2D eigenvalue weighted by molar-refractivity contribution is -0.385. The Kier molecular flexibility index (Phi) is 6.47. The Bertz CT molecular complexity index is 880. The lowest BCUT2D eigenvalue weighted by Gasteiger charge is -2.06. The van der Waals surface area contributed by atoms with Crippen LogP contribution in [0.3, 0.4) is 0 Å². The maximum absolute atomic E-state index is 11.9. The number of para-hydroxylation sites is 2. The van der Waals surface area contributed by atoms with Crippen LogP contribution in [0.4, 0.5) is 11.4 Å². The number of carbonyl (C=O) groups is 3. The Hall–Kier alpha value is -4.15. The van der Waals surface area contributed by atoms with Crippen molar-refractivity contribution in [1.82, 2.24) is 0 Å². The first-order chi connectivity index (χ1) is 13.3. The molecule has 0 saturated heterocycles. The summed E-state index contributed by atoms with van der Waals surface area (Å²) in [7, 11) is 0. The lowest BCUT2D eigenvalue weighted by atomic mass is 10.2. The molecule has 0 fully saturated rings. The van der Waals surface area contributed by atoms with Gasteiger partial charge in [0, 0.05) is 12.1 Å². The topological polar surface area (TPSA) is 156 Å². The maximum Gasteiger partial charge on any atom is 0.345 e. The van der Waals surface area contributed by atoms with Crippen LogP contribution in [-0.4, -0.2) is 40.8 Å². The number of benzene rings is 2. The van der Waals surface area contributed by atoms with Crippen molar-refractivity contribution in [3.63, 3.8) is 0 Å². The molecular weight excluding hydrogens is 376 g/mol. The zero-order valence-electron chi connectivity index (χ0n) is 14.1. The molecule has 0 aliphatic heterocycles. The zero-order valence-corrected chi connectivity index (χ0v) is 14.1. The van der Waals surface area contributed by atoms with Crippen molar-refractivity contribution in [2.45, 2.75) is 0 Å². The Balaban J connectivity index is 1.92. The van der Waals surface area contributed by atoms with E-state index in [2.05, 4.69) is 9.47 Å². The van der Waals surface area contributed by atoms with Crippen LogP contribution in [-0.2, 0) is 14.3 Å². The second-order valence-electron chi connectivity index (χ2n) is 5.24. The Morgan fingerprint density at radius 3 is 1.43 bits per heavy atom. The predicted molar refractivity (Wildman–Crippen MR) is 91.8 cm³/mol. The van der Waals surface area contributed by atoms with Gasteiger partial charge in [-0.15, -0.1) is 0 Å². The van der Waals surface area contributed by atoms with Crippen LogP contribution in [0.15, 0.2) is 48.5 Å². The van der Waals surface area contributed by atoms with Gasteiger partial charge in [0.15, 0.2) is 13.2 Å². The van der Waals surface area contributed by atoms with E-state index in [0.717, 1.165) is 12.1 Å². The molecule has 0 unspecified atom stereocenters. The van der Waals surface area contributed by atoms with E-state index in [9.17, 15) is 34.6 Å². The number of nitro benzene ring substituents is 2. The molecule has 11 nitrogen and oxygen atoms in total. The van der Waals surface area contributed by atoms with Crippen LogP contribution >= 0.6 is 0 Å². The van der Waals surface area contributed by atoms with Gasteiger partial charge in [-0.2, -0.15) is 0 Å². The normalized spacial score (nSPS) is 10.0. The van der Waals surface area contributed by atoms with Gasteiger partial charge in [0.1, 0.15) is 11.1 Å². The number of ketones is 1. The van der Waals surface area contributed by atoms with Crippen molar-refractivity contribution < 1.29 is 33.7 Å². The Labute approximate surface area is 156 Å². The van der Waals surface area contributed by atoms with Crippen molar-refractivity contribution in [1.29, 1.82) is 0 Å².